The van der Waals surface area contributed by atoms with Crippen LogP contribution in [0.3, 0.4) is 0 Å². The molecule has 28 heavy (non-hydrogen) atoms. The van der Waals surface area contributed by atoms with Gasteiger partial charge in [-0.25, -0.2) is 4.98 Å². The summed E-state index contributed by atoms with van der Waals surface area (Å²) in [5, 5.41) is 28.4. The molecule has 8 heteroatoms. The average molecular weight is 376 g/mol. The van der Waals surface area contributed by atoms with Crippen molar-refractivity contribution in [3.63, 3.8) is 0 Å². The molecule has 0 radical (unpaired) electrons. The minimum absolute atomic E-state index is 0.00645. The molecular formula is C20H20N6O2. The molecule has 0 amide bonds. The number of aromatic nitrogens is 4. The summed E-state index contributed by atoms with van der Waals surface area (Å²) in [5.74, 6) is 1.87. The predicted octanol–water partition coefficient (Wildman–Crippen LogP) is 2.84. The van der Waals surface area contributed by atoms with Gasteiger partial charge in [0.1, 0.15) is 11.7 Å². The Morgan fingerprint density at radius 2 is 2.11 bits per heavy atom. The van der Waals surface area contributed by atoms with Crippen molar-refractivity contribution in [3.05, 3.63) is 24.3 Å². The number of H-pyrrole nitrogens is 1. The van der Waals surface area contributed by atoms with Gasteiger partial charge < -0.3 is 19.9 Å². The normalized spacial score (nSPS) is 33.3. The second-order valence-corrected chi connectivity index (χ2v) is 8.69. The van der Waals surface area contributed by atoms with Crippen molar-refractivity contribution in [1.82, 2.24) is 20.1 Å². The highest BCUT2D eigenvalue weighted by molar-refractivity contribution is 5.97. The van der Waals surface area contributed by atoms with Crippen LogP contribution in [0.1, 0.15) is 37.9 Å². The molecule has 2 atom stereocenters. The Balaban J connectivity index is 1.43. The third kappa shape index (κ3) is 2.29. The topological polar surface area (TPSA) is 124 Å². The van der Waals surface area contributed by atoms with Crippen LogP contribution in [-0.2, 0) is 0 Å². The zero-order valence-electron chi connectivity index (χ0n) is 15.2. The summed E-state index contributed by atoms with van der Waals surface area (Å²) in [7, 11) is 0. The lowest BCUT2D eigenvalue weighted by Gasteiger charge is -2.58. The average Bonchev–Trinajstić information content (AvgIpc) is 3.32. The van der Waals surface area contributed by atoms with Gasteiger partial charge in [-0.3, -0.25) is 0 Å². The van der Waals surface area contributed by atoms with E-state index in [-0.39, 0.29) is 11.7 Å². The zero-order valence-corrected chi connectivity index (χ0v) is 15.2. The number of hydrogen-bond acceptors (Lipinski definition) is 7. The fraction of sp³-hybridized carbons (Fsp3) is 0.500. The second kappa shape index (κ2) is 5.55. The standard InChI is InChI=1S/C20H20N6O2/c21-8-15-24-19(28-26-15)14-9-23-18-13(1-2-22-18)17(14)25-16-11-3-10-4-12(16)7-20(27,5-10)6-11/h1-2,9-12,16,27H,3-7H2,(H2,22,23,25). The van der Waals surface area contributed by atoms with Crippen molar-refractivity contribution < 1.29 is 9.63 Å². The zero-order chi connectivity index (χ0) is 18.9. The maximum atomic E-state index is 10.9. The molecule has 4 saturated carbocycles. The molecule has 4 fully saturated rings. The van der Waals surface area contributed by atoms with Gasteiger partial charge in [-0.2, -0.15) is 10.2 Å². The smallest absolute Gasteiger partial charge is 0.273 e. The number of pyridine rings is 1. The second-order valence-electron chi connectivity index (χ2n) is 8.69. The molecule has 4 bridgehead atoms. The maximum Gasteiger partial charge on any atom is 0.273 e. The van der Waals surface area contributed by atoms with E-state index in [0.29, 0.717) is 29.4 Å². The highest BCUT2D eigenvalue weighted by Gasteiger charge is 2.54. The molecule has 0 saturated heterocycles. The van der Waals surface area contributed by atoms with Gasteiger partial charge in [-0.1, -0.05) is 0 Å². The number of hydrogen-bond donors (Lipinski definition) is 3. The Hall–Kier alpha value is -2.92. The first-order chi connectivity index (χ1) is 13.6. The largest absolute Gasteiger partial charge is 0.390 e. The molecule has 4 aliphatic rings. The Labute approximate surface area is 161 Å². The highest BCUT2D eigenvalue weighted by Crippen LogP contribution is 2.56. The fourth-order valence-electron chi connectivity index (χ4n) is 6.09. The van der Waals surface area contributed by atoms with Crippen LogP contribution in [0.5, 0.6) is 0 Å². The van der Waals surface area contributed by atoms with E-state index in [4.69, 9.17) is 9.78 Å². The number of nitrogens with one attached hydrogen (secondary N) is 2. The van der Waals surface area contributed by atoms with Gasteiger partial charge in [0.15, 0.2) is 0 Å². The quantitative estimate of drug-likeness (QED) is 0.642. The number of nitriles is 1. The van der Waals surface area contributed by atoms with Crippen molar-refractivity contribution >= 4 is 16.7 Å². The van der Waals surface area contributed by atoms with Crippen LogP contribution in [0.4, 0.5) is 5.69 Å². The summed E-state index contributed by atoms with van der Waals surface area (Å²) in [6.07, 6.45) is 8.62. The van der Waals surface area contributed by atoms with Gasteiger partial charge in [0.2, 0.25) is 0 Å². The Kier molecular flexibility index (Phi) is 3.19. The fourth-order valence-corrected chi connectivity index (χ4v) is 6.09. The molecule has 7 rings (SSSR count). The van der Waals surface area contributed by atoms with Gasteiger partial charge in [-0.15, -0.1) is 0 Å². The van der Waals surface area contributed by atoms with E-state index in [1.807, 2.05) is 18.3 Å². The summed E-state index contributed by atoms with van der Waals surface area (Å²) < 4.78 is 5.32. The minimum atomic E-state index is -0.465. The molecule has 3 heterocycles. The Morgan fingerprint density at radius 3 is 2.82 bits per heavy atom. The van der Waals surface area contributed by atoms with Gasteiger partial charge in [-0.05, 0) is 61.1 Å². The molecule has 8 nitrogen and oxygen atoms in total. The lowest BCUT2D eigenvalue weighted by atomic mass is 9.52. The first-order valence-electron chi connectivity index (χ1n) is 9.81. The molecule has 2 unspecified atom stereocenters. The van der Waals surface area contributed by atoms with Crippen molar-refractivity contribution in [2.45, 2.75) is 43.7 Å². The summed E-state index contributed by atoms with van der Waals surface area (Å²) in [5.41, 5.74) is 1.93. The van der Waals surface area contributed by atoms with E-state index in [2.05, 4.69) is 25.4 Å². The van der Waals surface area contributed by atoms with E-state index in [1.165, 1.54) is 12.8 Å². The first kappa shape index (κ1) is 16.1. The molecule has 0 aromatic carbocycles. The van der Waals surface area contributed by atoms with E-state index < -0.39 is 5.60 Å². The van der Waals surface area contributed by atoms with Gasteiger partial charge in [0, 0.05) is 23.8 Å². The van der Waals surface area contributed by atoms with E-state index in [1.54, 1.807) is 6.20 Å². The number of rotatable bonds is 3. The van der Waals surface area contributed by atoms with Crippen LogP contribution in [0.2, 0.25) is 0 Å². The lowest BCUT2D eigenvalue weighted by Crippen LogP contribution is -2.59. The van der Waals surface area contributed by atoms with Crippen molar-refractivity contribution in [1.29, 1.82) is 5.26 Å². The van der Waals surface area contributed by atoms with Crippen LogP contribution in [0, 0.1) is 29.1 Å². The molecular weight excluding hydrogens is 356 g/mol. The minimum Gasteiger partial charge on any atom is -0.390 e. The molecule has 3 N–H and O–H groups in total. The van der Waals surface area contributed by atoms with Crippen LogP contribution in [0.25, 0.3) is 22.5 Å². The summed E-state index contributed by atoms with van der Waals surface area (Å²) in [6, 6.07) is 4.19. The molecule has 3 aromatic rings. The van der Waals surface area contributed by atoms with Crippen molar-refractivity contribution in [2.24, 2.45) is 17.8 Å². The van der Waals surface area contributed by atoms with Crippen LogP contribution in [0.15, 0.2) is 23.0 Å². The van der Waals surface area contributed by atoms with E-state index >= 15 is 0 Å². The monoisotopic (exact) mass is 376 g/mol. The number of aliphatic hydroxyl groups is 1. The van der Waals surface area contributed by atoms with E-state index in [0.717, 1.165) is 36.0 Å². The Bertz CT molecular complexity index is 1100. The first-order valence-corrected chi connectivity index (χ1v) is 9.81. The SMILES string of the molecule is N#Cc1noc(-c2cnc3[nH]ccc3c2NC2C3CC4CC2CC(O)(C4)C3)n1. The number of fused-ring (bicyclic) bond motifs is 1. The van der Waals surface area contributed by atoms with Crippen LogP contribution < -0.4 is 5.32 Å². The molecule has 0 aliphatic heterocycles. The number of anilines is 1. The van der Waals surface area contributed by atoms with Gasteiger partial charge in [0.05, 0.1) is 16.9 Å². The van der Waals surface area contributed by atoms with Crippen LogP contribution >= 0.6 is 0 Å². The van der Waals surface area contributed by atoms with Gasteiger partial charge >= 0.3 is 0 Å². The van der Waals surface area contributed by atoms with Crippen molar-refractivity contribution in [2.75, 3.05) is 5.32 Å². The molecule has 142 valence electrons. The molecule has 3 aromatic heterocycles. The Morgan fingerprint density at radius 1 is 1.29 bits per heavy atom. The van der Waals surface area contributed by atoms with Crippen molar-refractivity contribution in [3.8, 4) is 17.5 Å². The molecule has 0 spiro atoms. The highest BCUT2D eigenvalue weighted by atomic mass is 16.5. The third-order valence-electron chi connectivity index (χ3n) is 6.89. The summed E-state index contributed by atoms with van der Waals surface area (Å²) in [6.45, 7) is 0. The van der Waals surface area contributed by atoms with Crippen LogP contribution in [-0.4, -0.2) is 36.9 Å². The summed E-state index contributed by atoms with van der Waals surface area (Å²) >= 11 is 0. The number of aromatic amines is 1. The lowest BCUT2D eigenvalue weighted by molar-refractivity contribution is -0.129. The molecule has 4 aliphatic carbocycles. The van der Waals surface area contributed by atoms with Gasteiger partial charge in [0.25, 0.3) is 11.7 Å². The maximum absolute atomic E-state index is 10.9. The summed E-state index contributed by atoms with van der Waals surface area (Å²) in [4.78, 5) is 11.8. The third-order valence-corrected chi connectivity index (χ3v) is 6.89. The number of nitrogens with zero attached hydrogens (tertiary/aromatic N) is 4. The van der Waals surface area contributed by atoms with E-state index in [9.17, 15) is 5.11 Å². The predicted molar refractivity (Wildman–Crippen MR) is 100 cm³/mol.